The van der Waals surface area contributed by atoms with Gasteiger partial charge in [-0.05, 0) is 60.0 Å². The number of carboxylic acid groups (broad SMARTS) is 1. The van der Waals surface area contributed by atoms with E-state index in [-0.39, 0.29) is 5.91 Å². The van der Waals surface area contributed by atoms with Gasteiger partial charge in [0.05, 0.1) is 16.6 Å². The van der Waals surface area contributed by atoms with Crippen molar-refractivity contribution in [2.45, 2.75) is 4.90 Å². The number of carbonyl (C=O) groups excluding carboxylic acids is 2. The highest BCUT2D eigenvalue weighted by Gasteiger charge is 2.30. The van der Waals surface area contributed by atoms with Crippen LogP contribution in [0.25, 0.3) is 6.08 Å². The lowest BCUT2D eigenvalue weighted by Crippen LogP contribution is -2.28. The Morgan fingerprint density at radius 1 is 1.29 bits per heavy atom. The first-order valence-electron chi connectivity index (χ1n) is 8.29. The van der Waals surface area contributed by atoms with Gasteiger partial charge in [-0.15, -0.1) is 11.8 Å². The Morgan fingerprint density at radius 3 is 2.71 bits per heavy atom. The number of benzene rings is 2. The molecule has 1 heterocycles. The Morgan fingerprint density at radius 2 is 2.04 bits per heavy atom. The minimum atomic E-state index is -1.28. The van der Waals surface area contributed by atoms with Crippen molar-refractivity contribution in [1.29, 1.82) is 0 Å². The molecule has 2 aromatic rings. The Kier molecular flexibility index (Phi) is 6.43. The van der Waals surface area contributed by atoms with Gasteiger partial charge >= 0.3 is 0 Å². The van der Waals surface area contributed by atoms with Gasteiger partial charge in [-0.3, -0.25) is 9.69 Å². The fourth-order valence-corrected chi connectivity index (χ4v) is 3.84. The summed E-state index contributed by atoms with van der Waals surface area (Å²) in [6, 6.07) is 14.6. The highest BCUT2D eigenvalue weighted by Crippen LogP contribution is 2.33. The Balaban J connectivity index is 1.77. The van der Waals surface area contributed by atoms with Gasteiger partial charge in [-0.1, -0.05) is 18.2 Å². The number of aliphatic carboxylic acids is 1. The summed E-state index contributed by atoms with van der Waals surface area (Å²) in [5.74, 6) is -0.982. The highest BCUT2D eigenvalue weighted by atomic mass is 32.2. The molecule has 1 aliphatic rings. The van der Waals surface area contributed by atoms with E-state index in [1.807, 2.05) is 30.5 Å². The molecule has 1 saturated heterocycles. The number of amides is 1. The molecule has 3 rings (SSSR count). The van der Waals surface area contributed by atoms with Crippen LogP contribution in [0, 0.1) is 0 Å². The van der Waals surface area contributed by atoms with Crippen molar-refractivity contribution in [2.75, 3.05) is 19.9 Å². The second-order valence-electron chi connectivity index (χ2n) is 5.80. The molecule has 6 nitrogen and oxygen atoms in total. The van der Waals surface area contributed by atoms with Crippen LogP contribution in [0.3, 0.4) is 0 Å². The van der Waals surface area contributed by atoms with Gasteiger partial charge in [0.1, 0.15) is 12.4 Å². The summed E-state index contributed by atoms with van der Waals surface area (Å²) in [6.45, 7) is -0.503. The molecule has 8 heteroatoms. The summed E-state index contributed by atoms with van der Waals surface area (Å²) in [4.78, 5) is 30.8. The molecular weight excluding hydrogens is 396 g/mol. The smallest absolute Gasteiger partial charge is 0.266 e. The number of likely N-dealkylation sites (N-methyl/N-ethyl adjacent to an activating group) is 1. The minimum Gasteiger partial charge on any atom is -0.546 e. The van der Waals surface area contributed by atoms with Crippen LogP contribution in [-0.2, 0) is 9.59 Å². The largest absolute Gasteiger partial charge is 0.546 e. The van der Waals surface area contributed by atoms with Crippen LogP contribution < -0.4 is 9.84 Å². The Labute approximate surface area is 171 Å². The van der Waals surface area contributed by atoms with E-state index in [0.717, 1.165) is 16.1 Å². The number of thioether (sulfide) groups is 2. The average molecular weight is 414 g/mol. The quantitative estimate of drug-likeness (QED) is 0.535. The van der Waals surface area contributed by atoms with E-state index in [2.05, 4.69) is 4.99 Å². The summed E-state index contributed by atoms with van der Waals surface area (Å²) in [5, 5.41) is 11.0. The van der Waals surface area contributed by atoms with Crippen LogP contribution in [0.2, 0.25) is 0 Å². The summed E-state index contributed by atoms with van der Waals surface area (Å²) in [7, 11) is 1.70. The van der Waals surface area contributed by atoms with Crippen molar-refractivity contribution in [1.82, 2.24) is 4.90 Å². The maximum atomic E-state index is 12.5. The lowest BCUT2D eigenvalue weighted by molar-refractivity contribution is -0.307. The zero-order chi connectivity index (χ0) is 20.1. The number of nitrogens with zero attached hydrogens (tertiary/aromatic N) is 2. The lowest BCUT2D eigenvalue weighted by atomic mass is 10.2. The summed E-state index contributed by atoms with van der Waals surface area (Å²) in [6.07, 6.45) is 3.77. The topological polar surface area (TPSA) is 82.0 Å². The standard InChI is InChI=1S/C20H18N2O4S2/c1-22-19(25)17(10-13-6-8-15(9-7-13)26-12-18(23)24)28-20(22)21-14-4-3-5-16(11-14)27-2/h3-11H,12H2,1-2H3,(H,23,24)/p-1/b17-10+,21-20?. The maximum absolute atomic E-state index is 12.5. The molecule has 0 unspecified atom stereocenters. The monoisotopic (exact) mass is 413 g/mol. The van der Waals surface area contributed by atoms with Crippen molar-refractivity contribution in [3.8, 4) is 5.75 Å². The molecule has 28 heavy (non-hydrogen) atoms. The Bertz CT molecular complexity index is 955. The third-order valence-corrected chi connectivity index (χ3v) is 5.60. The normalized spacial score (nSPS) is 16.8. The van der Waals surface area contributed by atoms with Crippen molar-refractivity contribution >= 4 is 52.3 Å². The van der Waals surface area contributed by atoms with Crippen molar-refractivity contribution in [3.63, 3.8) is 0 Å². The van der Waals surface area contributed by atoms with Gasteiger partial charge < -0.3 is 14.6 Å². The molecule has 0 atom stereocenters. The van der Waals surface area contributed by atoms with Crippen LogP contribution in [0.1, 0.15) is 5.56 Å². The molecule has 0 aromatic heterocycles. The number of hydrogen-bond acceptors (Lipinski definition) is 7. The number of carbonyl (C=O) groups is 2. The number of carboxylic acids is 1. The summed E-state index contributed by atoms with van der Waals surface area (Å²) < 4.78 is 5.05. The Hall–Kier alpha value is -2.71. The second kappa shape index (κ2) is 8.99. The van der Waals surface area contributed by atoms with Gasteiger partial charge in [-0.25, -0.2) is 4.99 Å². The summed E-state index contributed by atoms with van der Waals surface area (Å²) >= 11 is 2.95. The molecule has 0 radical (unpaired) electrons. The van der Waals surface area contributed by atoms with Gasteiger partial charge in [0.25, 0.3) is 5.91 Å². The fourth-order valence-electron chi connectivity index (χ4n) is 2.40. The van der Waals surface area contributed by atoms with Crippen molar-refractivity contribution in [3.05, 3.63) is 59.0 Å². The van der Waals surface area contributed by atoms with Crippen molar-refractivity contribution in [2.24, 2.45) is 4.99 Å². The molecule has 1 fully saturated rings. The van der Waals surface area contributed by atoms with Gasteiger partial charge in [0, 0.05) is 11.9 Å². The first-order valence-corrected chi connectivity index (χ1v) is 10.3. The van der Waals surface area contributed by atoms with Crippen LogP contribution in [0.15, 0.2) is 63.3 Å². The van der Waals surface area contributed by atoms with Crippen LogP contribution >= 0.6 is 23.5 Å². The number of ether oxygens (including phenoxy) is 1. The molecule has 0 spiro atoms. The predicted octanol–water partition coefficient (Wildman–Crippen LogP) is 2.77. The second-order valence-corrected chi connectivity index (χ2v) is 7.69. The molecule has 2 aromatic carbocycles. The van der Waals surface area contributed by atoms with E-state index in [1.54, 1.807) is 49.2 Å². The zero-order valence-electron chi connectivity index (χ0n) is 15.2. The van der Waals surface area contributed by atoms with E-state index in [0.29, 0.717) is 15.8 Å². The third-order valence-electron chi connectivity index (χ3n) is 3.82. The van der Waals surface area contributed by atoms with E-state index in [9.17, 15) is 14.7 Å². The van der Waals surface area contributed by atoms with Crippen LogP contribution in [0.4, 0.5) is 5.69 Å². The first kappa shape index (κ1) is 20.0. The molecule has 144 valence electrons. The molecule has 0 bridgehead atoms. The molecule has 0 saturated carbocycles. The van der Waals surface area contributed by atoms with Gasteiger partial charge in [-0.2, -0.15) is 0 Å². The molecular formula is C20H17N2O4S2-. The highest BCUT2D eigenvalue weighted by molar-refractivity contribution is 8.18. The minimum absolute atomic E-state index is 0.123. The van der Waals surface area contributed by atoms with E-state index >= 15 is 0 Å². The van der Waals surface area contributed by atoms with E-state index in [4.69, 9.17) is 4.74 Å². The predicted molar refractivity (Wildman–Crippen MR) is 111 cm³/mol. The molecule has 1 aliphatic heterocycles. The van der Waals surface area contributed by atoms with Crippen molar-refractivity contribution < 1.29 is 19.4 Å². The number of hydrogen-bond donors (Lipinski definition) is 0. The number of rotatable bonds is 6. The van der Waals surface area contributed by atoms with Crippen LogP contribution in [0.5, 0.6) is 5.75 Å². The van der Waals surface area contributed by atoms with Gasteiger partial charge in [0.15, 0.2) is 5.17 Å². The zero-order valence-corrected chi connectivity index (χ0v) is 16.9. The molecule has 1 amide bonds. The van der Waals surface area contributed by atoms with Crippen LogP contribution in [-0.4, -0.2) is 41.9 Å². The average Bonchev–Trinajstić information content (AvgIpc) is 2.95. The number of amidine groups is 1. The lowest BCUT2D eigenvalue weighted by Gasteiger charge is -2.07. The first-order chi connectivity index (χ1) is 13.5. The molecule has 0 aliphatic carbocycles. The van der Waals surface area contributed by atoms with Gasteiger partial charge in [0.2, 0.25) is 0 Å². The maximum Gasteiger partial charge on any atom is 0.266 e. The summed E-state index contributed by atoms with van der Waals surface area (Å²) in [5.41, 5.74) is 1.60. The van der Waals surface area contributed by atoms with E-state index in [1.165, 1.54) is 16.7 Å². The number of aliphatic imine (C=N–C) groups is 1. The van der Waals surface area contributed by atoms with E-state index < -0.39 is 12.6 Å². The third kappa shape index (κ3) is 4.96. The fraction of sp³-hybridized carbons (Fsp3) is 0.150. The molecule has 0 N–H and O–H groups in total. The SMILES string of the molecule is CSc1cccc(N=C2S/C(=C/c3ccc(OCC(=O)[O-])cc3)C(=O)N2C)c1.